The van der Waals surface area contributed by atoms with Gasteiger partial charge in [-0.3, -0.25) is 0 Å². The van der Waals surface area contributed by atoms with Gasteiger partial charge >= 0.3 is 0 Å². The molecular weight excluding hydrogens is 286 g/mol. The van der Waals surface area contributed by atoms with Gasteiger partial charge in [0.15, 0.2) is 0 Å². The number of ether oxygens (including phenoxy) is 1. The van der Waals surface area contributed by atoms with Gasteiger partial charge in [0.25, 0.3) is 0 Å². The Hall–Kier alpha value is -2.88. The molecule has 0 atom stereocenters. The van der Waals surface area contributed by atoms with E-state index in [1.54, 1.807) is 7.11 Å². The number of aryl methyl sites for hydroxylation is 2. The molecule has 0 aliphatic heterocycles. The Bertz CT molecular complexity index is 1030. The summed E-state index contributed by atoms with van der Waals surface area (Å²) in [5.41, 5.74) is 5.32. The molecule has 0 radical (unpaired) electrons. The van der Waals surface area contributed by atoms with E-state index in [-0.39, 0.29) is 0 Å². The van der Waals surface area contributed by atoms with Crippen molar-refractivity contribution >= 4 is 21.9 Å². The Morgan fingerprint density at radius 3 is 2.61 bits per heavy atom. The number of methoxy groups -OCH3 is 1. The van der Waals surface area contributed by atoms with Crippen molar-refractivity contribution in [2.75, 3.05) is 7.11 Å². The van der Waals surface area contributed by atoms with Crippen molar-refractivity contribution in [1.82, 2.24) is 14.5 Å². The van der Waals surface area contributed by atoms with Crippen molar-refractivity contribution in [3.63, 3.8) is 0 Å². The Kier molecular flexibility index (Phi) is 3.05. The third-order valence-electron chi connectivity index (χ3n) is 4.21. The largest absolute Gasteiger partial charge is 0.481 e. The summed E-state index contributed by atoms with van der Waals surface area (Å²) in [5, 5.41) is 1.09. The van der Waals surface area contributed by atoms with Crippen LogP contribution in [0, 0.1) is 6.92 Å². The third kappa shape index (κ3) is 2.14. The number of aromatic nitrogens is 3. The molecule has 2 heterocycles. The predicted octanol–water partition coefficient (Wildman–Crippen LogP) is 4.11. The third-order valence-corrected chi connectivity index (χ3v) is 4.21. The number of fused-ring (bicyclic) bond motifs is 2. The van der Waals surface area contributed by atoms with Crippen LogP contribution >= 0.6 is 0 Å². The van der Waals surface area contributed by atoms with Gasteiger partial charge in [-0.2, -0.15) is 0 Å². The number of imidazole rings is 1. The second-order valence-electron chi connectivity index (χ2n) is 5.70. The first kappa shape index (κ1) is 13.8. The van der Waals surface area contributed by atoms with Gasteiger partial charge in [-0.1, -0.05) is 12.1 Å². The minimum atomic E-state index is 0.635. The average Bonchev–Trinajstić information content (AvgIpc) is 2.92. The van der Waals surface area contributed by atoms with Crippen molar-refractivity contribution < 1.29 is 4.74 Å². The van der Waals surface area contributed by atoms with Gasteiger partial charge in [0.05, 0.1) is 23.7 Å². The Balaban J connectivity index is 1.96. The summed E-state index contributed by atoms with van der Waals surface area (Å²) in [6, 6.07) is 16.4. The van der Waals surface area contributed by atoms with Gasteiger partial charge in [-0.25, -0.2) is 9.97 Å². The summed E-state index contributed by atoms with van der Waals surface area (Å²) in [7, 11) is 3.69. The summed E-state index contributed by atoms with van der Waals surface area (Å²) in [6.07, 6.45) is 0. The number of rotatable bonds is 2. The number of para-hydroxylation sites is 2. The monoisotopic (exact) mass is 303 g/mol. The first-order valence-electron chi connectivity index (χ1n) is 7.54. The van der Waals surface area contributed by atoms with Crippen molar-refractivity contribution in [1.29, 1.82) is 0 Å². The van der Waals surface area contributed by atoms with E-state index in [4.69, 9.17) is 9.72 Å². The van der Waals surface area contributed by atoms with Crippen LogP contribution < -0.4 is 4.74 Å². The highest BCUT2D eigenvalue weighted by atomic mass is 16.5. The lowest BCUT2D eigenvalue weighted by Gasteiger charge is -2.08. The quantitative estimate of drug-likeness (QED) is 0.559. The van der Waals surface area contributed by atoms with E-state index >= 15 is 0 Å². The molecule has 23 heavy (non-hydrogen) atoms. The average molecular weight is 303 g/mol. The van der Waals surface area contributed by atoms with Gasteiger partial charge in [-0.15, -0.1) is 0 Å². The van der Waals surface area contributed by atoms with Gasteiger partial charge < -0.3 is 9.30 Å². The fourth-order valence-electron chi connectivity index (χ4n) is 3.04. The van der Waals surface area contributed by atoms with Crippen molar-refractivity contribution in [2.45, 2.75) is 6.92 Å². The molecule has 0 saturated heterocycles. The van der Waals surface area contributed by atoms with Crippen molar-refractivity contribution in [2.24, 2.45) is 7.05 Å². The van der Waals surface area contributed by atoms with E-state index < -0.39 is 0 Å². The highest BCUT2D eigenvalue weighted by molar-refractivity contribution is 5.88. The molecule has 0 bridgehead atoms. The van der Waals surface area contributed by atoms with E-state index in [1.165, 1.54) is 0 Å². The molecule has 0 fully saturated rings. The van der Waals surface area contributed by atoms with E-state index in [0.29, 0.717) is 5.88 Å². The molecule has 0 amide bonds. The zero-order valence-electron chi connectivity index (χ0n) is 13.4. The Labute approximate surface area is 134 Å². The maximum absolute atomic E-state index is 5.22. The van der Waals surface area contributed by atoms with E-state index in [9.17, 15) is 0 Å². The van der Waals surface area contributed by atoms with Crippen LogP contribution in [0.15, 0.2) is 48.5 Å². The lowest BCUT2D eigenvalue weighted by atomic mass is 10.1. The number of pyridine rings is 1. The molecule has 4 heteroatoms. The minimum Gasteiger partial charge on any atom is -0.481 e. The zero-order chi connectivity index (χ0) is 16.0. The molecule has 0 aliphatic rings. The van der Waals surface area contributed by atoms with Crippen LogP contribution in [0.5, 0.6) is 5.88 Å². The summed E-state index contributed by atoms with van der Waals surface area (Å²) in [6.45, 7) is 2.07. The van der Waals surface area contributed by atoms with E-state index in [2.05, 4.69) is 41.7 Å². The molecule has 4 rings (SSSR count). The number of nitrogens with zero attached hydrogens (tertiary/aromatic N) is 3. The maximum Gasteiger partial charge on any atom is 0.213 e. The smallest absolute Gasteiger partial charge is 0.213 e. The molecule has 0 saturated carbocycles. The van der Waals surface area contributed by atoms with E-state index in [0.717, 1.165) is 38.9 Å². The zero-order valence-corrected chi connectivity index (χ0v) is 13.4. The molecule has 0 N–H and O–H groups in total. The van der Waals surface area contributed by atoms with Gasteiger partial charge in [0.1, 0.15) is 5.82 Å². The topological polar surface area (TPSA) is 39.9 Å². The van der Waals surface area contributed by atoms with Gasteiger partial charge in [0, 0.05) is 24.1 Å². The van der Waals surface area contributed by atoms with Crippen LogP contribution in [0.2, 0.25) is 0 Å². The van der Waals surface area contributed by atoms with Crippen LogP contribution in [0.25, 0.3) is 33.3 Å². The van der Waals surface area contributed by atoms with Gasteiger partial charge in [-0.05, 0) is 42.8 Å². The molecule has 2 aromatic heterocycles. The van der Waals surface area contributed by atoms with Crippen LogP contribution in [0.4, 0.5) is 0 Å². The summed E-state index contributed by atoms with van der Waals surface area (Å²) < 4.78 is 7.36. The normalized spacial score (nSPS) is 11.3. The fourth-order valence-corrected chi connectivity index (χ4v) is 3.04. The molecule has 114 valence electrons. The lowest BCUT2D eigenvalue weighted by molar-refractivity contribution is 0.399. The van der Waals surface area contributed by atoms with Crippen molar-refractivity contribution in [3.05, 3.63) is 54.1 Å². The number of hydrogen-bond acceptors (Lipinski definition) is 3. The molecule has 0 spiro atoms. The van der Waals surface area contributed by atoms with Gasteiger partial charge in [0.2, 0.25) is 5.88 Å². The predicted molar refractivity (Wildman–Crippen MR) is 92.7 cm³/mol. The Morgan fingerprint density at radius 2 is 1.83 bits per heavy atom. The van der Waals surface area contributed by atoms with Crippen LogP contribution in [-0.4, -0.2) is 21.6 Å². The first-order valence-corrected chi connectivity index (χ1v) is 7.54. The summed E-state index contributed by atoms with van der Waals surface area (Å²) in [5.74, 6) is 1.60. The molecular formula is C19H17N3O. The van der Waals surface area contributed by atoms with Crippen LogP contribution in [-0.2, 0) is 7.05 Å². The highest BCUT2D eigenvalue weighted by Crippen LogP contribution is 2.29. The number of benzene rings is 2. The second kappa shape index (κ2) is 5.09. The Morgan fingerprint density at radius 1 is 1.00 bits per heavy atom. The molecule has 2 aromatic carbocycles. The van der Waals surface area contributed by atoms with E-state index in [1.807, 2.05) is 30.3 Å². The maximum atomic E-state index is 5.22. The molecule has 0 aliphatic carbocycles. The fraction of sp³-hybridized carbons (Fsp3) is 0.158. The lowest BCUT2D eigenvalue weighted by Crippen LogP contribution is -1.95. The number of hydrogen-bond donors (Lipinski definition) is 0. The van der Waals surface area contributed by atoms with Crippen LogP contribution in [0.1, 0.15) is 5.56 Å². The first-order chi connectivity index (χ1) is 11.2. The summed E-state index contributed by atoms with van der Waals surface area (Å²) >= 11 is 0. The molecule has 4 aromatic rings. The highest BCUT2D eigenvalue weighted by Gasteiger charge is 2.12. The van der Waals surface area contributed by atoms with Crippen molar-refractivity contribution in [3.8, 4) is 17.3 Å². The van der Waals surface area contributed by atoms with Crippen LogP contribution in [0.3, 0.4) is 0 Å². The molecule has 0 unspecified atom stereocenters. The molecule has 4 nitrogen and oxygen atoms in total. The minimum absolute atomic E-state index is 0.635. The second-order valence-corrected chi connectivity index (χ2v) is 5.70. The SMILES string of the molecule is COc1ccc2cc(-c3nc4ccccc4n3C)cc(C)c2n1. The summed E-state index contributed by atoms with van der Waals surface area (Å²) in [4.78, 5) is 9.33. The standard InChI is InChI=1S/C19H17N3O/c1-12-10-14(11-13-8-9-17(23-3)21-18(12)13)19-20-15-6-4-5-7-16(15)22(19)2/h4-11H,1-3H3.